The summed E-state index contributed by atoms with van der Waals surface area (Å²) in [5.41, 5.74) is 7.03. The molecule has 0 aliphatic heterocycles. The first kappa shape index (κ1) is 12.3. The number of nitrogens with two attached hydrogens (primary N) is 1. The van der Waals surface area contributed by atoms with Crippen LogP contribution in [0.4, 0.5) is 0 Å². The molecule has 2 rings (SSSR count). The molecule has 0 radical (unpaired) electrons. The fourth-order valence-electron chi connectivity index (χ4n) is 1.68. The molecule has 1 atom stereocenters. The smallest absolute Gasteiger partial charge is 0.0484 e. The van der Waals surface area contributed by atoms with Gasteiger partial charge in [0.05, 0.1) is 0 Å². The molecule has 1 unspecified atom stereocenters. The van der Waals surface area contributed by atoms with Gasteiger partial charge in [-0.1, -0.05) is 41.9 Å². The predicted molar refractivity (Wildman–Crippen MR) is 68.8 cm³/mol. The quantitative estimate of drug-likeness (QED) is 0.805. The lowest BCUT2D eigenvalue weighted by Crippen LogP contribution is -2.05. The van der Waals surface area contributed by atoms with Crippen molar-refractivity contribution in [3.05, 3.63) is 47.0 Å². The fourth-order valence-corrected chi connectivity index (χ4v) is 1.91. The number of halogens is 2. The number of rotatable bonds is 1. The van der Waals surface area contributed by atoms with E-state index in [1.807, 2.05) is 37.3 Å². The van der Waals surface area contributed by atoms with Gasteiger partial charge in [-0.15, -0.1) is 12.4 Å². The number of benzene rings is 2. The molecule has 2 aromatic rings. The van der Waals surface area contributed by atoms with Crippen molar-refractivity contribution in [2.45, 2.75) is 13.0 Å². The van der Waals surface area contributed by atoms with E-state index in [9.17, 15) is 0 Å². The molecule has 0 aromatic heterocycles. The molecular formula is C12H13Cl2N. The highest BCUT2D eigenvalue weighted by atomic mass is 35.5. The van der Waals surface area contributed by atoms with Gasteiger partial charge in [0.2, 0.25) is 0 Å². The van der Waals surface area contributed by atoms with Gasteiger partial charge in [0.15, 0.2) is 0 Å². The zero-order valence-corrected chi connectivity index (χ0v) is 9.98. The van der Waals surface area contributed by atoms with E-state index in [2.05, 4.69) is 6.07 Å². The number of hydrogen-bond donors (Lipinski definition) is 1. The Morgan fingerprint density at radius 2 is 1.67 bits per heavy atom. The molecule has 0 aliphatic carbocycles. The van der Waals surface area contributed by atoms with Gasteiger partial charge >= 0.3 is 0 Å². The third kappa shape index (κ3) is 2.25. The average Bonchev–Trinajstić information content (AvgIpc) is 2.18. The van der Waals surface area contributed by atoms with E-state index < -0.39 is 0 Å². The van der Waals surface area contributed by atoms with Crippen LogP contribution in [0.25, 0.3) is 10.8 Å². The minimum Gasteiger partial charge on any atom is -0.324 e. The van der Waals surface area contributed by atoms with Gasteiger partial charge < -0.3 is 5.73 Å². The van der Waals surface area contributed by atoms with Crippen molar-refractivity contribution in [3.63, 3.8) is 0 Å². The second kappa shape index (κ2) is 4.84. The summed E-state index contributed by atoms with van der Waals surface area (Å²) in [6, 6.07) is 12.0. The van der Waals surface area contributed by atoms with Gasteiger partial charge in [-0.3, -0.25) is 0 Å². The van der Waals surface area contributed by atoms with Crippen molar-refractivity contribution in [1.82, 2.24) is 0 Å². The maximum Gasteiger partial charge on any atom is 0.0484 e. The highest BCUT2D eigenvalue weighted by Crippen LogP contribution is 2.28. The lowest BCUT2D eigenvalue weighted by atomic mass is 10.0. The summed E-state index contributed by atoms with van der Waals surface area (Å²) in [6.07, 6.45) is 0. The highest BCUT2D eigenvalue weighted by molar-refractivity contribution is 6.35. The molecule has 0 spiro atoms. The molecule has 0 amide bonds. The van der Waals surface area contributed by atoms with Gasteiger partial charge in [-0.25, -0.2) is 0 Å². The van der Waals surface area contributed by atoms with Crippen molar-refractivity contribution in [1.29, 1.82) is 0 Å². The Kier molecular flexibility index (Phi) is 3.97. The van der Waals surface area contributed by atoms with Crippen LogP contribution in [-0.4, -0.2) is 0 Å². The molecule has 0 saturated heterocycles. The molecule has 1 nitrogen and oxygen atoms in total. The summed E-state index contributed by atoms with van der Waals surface area (Å²) in [4.78, 5) is 0. The Morgan fingerprint density at radius 1 is 1.07 bits per heavy atom. The first-order chi connectivity index (χ1) is 6.70. The lowest BCUT2D eigenvalue weighted by Gasteiger charge is -2.10. The molecular weight excluding hydrogens is 229 g/mol. The molecule has 2 N–H and O–H groups in total. The van der Waals surface area contributed by atoms with Crippen molar-refractivity contribution in [2.75, 3.05) is 0 Å². The average molecular weight is 242 g/mol. The van der Waals surface area contributed by atoms with Gasteiger partial charge in [0.25, 0.3) is 0 Å². The summed E-state index contributed by atoms with van der Waals surface area (Å²) < 4.78 is 0. The fraction of sp³-hybridized carbons (Fsp3) is 0.167. The molecule has 0 bridgehead atoms. The first-order valence-electron chi connectivity index (χ1n) is 4.63. The molecule has 80 valence electrons. The van der Waals surface area contributed by atoms with Crippen LogP contribution in [0.15, 0.2) is 36.4 Å². The molecule has 15 heavy (non-hydrogen) atoms. The lowest BCUT2D eigenvalue weighted by molar-refractivity contribution is 0.827. The number of fused-ring (bicyclic) bond motifs is 1. The Bertz CT molecular complexity index is 466. The molecule has 3 heteroatoms. The SMILES string of the molecule is CC(N)c1ccc(Cl)c2ccccc12.Cl. The monoisotopic (exact) mass is 241 g/mol. The summed E-state index contributed by atoms with van der Waals surface area (Å²) in [5.74, 6) is 0. The van der Waals surface area contributed by atoms with Gasteiger partial charge in [0, 0.05) is 16.5 Å². The second-order valence-electron chi connectivity index (χ2n) is 3.47. The van der Waals surface area contributed by atoms with E-state index in [-0.39, 0.29) is 18.4 Å². The van der Waals surface area contributed by atoms with E-state index in [0.29, 0.717) is 0 Å². The van der Waals surface area contributed by atoms with Crippen LogP contribution in [0.1, 0.15) is 18.5 Å². The number of hydrogen-bond acceptors (Lipinski definition) is 1. The predicted octanol–water partition coefficient (Wildman–Crippen LogP) is 3.93. The Balaban J connectivity index is 0.00000112. The van der Waals surface area contributed by atoms with E-state index in [0.717, 1.165) is 21.4 Å². The molecule has 2 aromatic carbocycles. The molecule has 0 saturated carbocycles. The van der Waals surface area contributed by atoms with E-state index in [1.165, 1.54) is 0 Å². The van der Waals surface area contributed by atoms with E-state index in [4.69, 9.17) is 17.3 Å². The molecule has 0 fully saturated rings. The van der Waals surface area contributed by atoms with Crippen molar-refractivity contribution >= 4 is 34.8 Å². The van der Waals surface area contributed by atoms with Gasteiger partial charge in [-0.05, 0) is 23.9 Å². The standard InChI is InChI=1S/C12H12ClN.ClH/c1-8(14)9-6-7-12(13)11-5-3-2-4-10(9)11;/h2-8H,14H2,1H3;1H. The van der Waals surface area contributed by atoms with Crippen LogP contribution in [0, 0.1) is 0 Å². The highest BCUT2D eigenvalue weighted by Gasteiger charge is 2.06. The summed E-state index contributed by atoms with van der Waals surface area (Å²) >= 11 is 6.09. The van der Waals surface area contributed by atoms with E-state index >= 15 is 0 Å². The second-order valence-corrected chi connectivity index (χ2v) is 3.88. The van der Waals surface area contributed by atoms with Crippen LogP contribution < -0.4 is 5.73 Å². The maximum absolute atomic E-state index is 6.09. The summed E-state index contributed by atoms with van der Waals surface area (Å²) in [5, 5.41) is 3.00. The summed E-state index contributed by atoms with van der Waals surface area (Å²) in [7, 11) is 0. The third-order valence-electron chi connectivity index (χ3n) is 2.40. The van der Waals surface area contributed by atoms with E-state index in [1.54, 1.807) is 0 Å². The Hall–Kier alpha value is -0.760. The Morgan fingerprint density at radius 3 is 2.27 bits per heavy atom. The third-order valence-corrected chi connectivity index (χ3v) is 2.72. The first-order valence-corrected chi connectivity index (χ1v) is 5.00. The van der Waals surface area contributed by atoms with Crippen molar-refractivity contribution < 1.29 is 0 Å². The normalized spacial score (nSPS) is 12.2. The largest absolute Gasteiger partial charge is 0.324 e. The van der Waals surface area contributed by atoms with Crippen LogP contribution in [0.3, 0.4) is 0 Å². The van der Waals surface area contributed by atoms with Crippen molar-refractivity contribution in [2.24, 2.45) is 5.73 Å². The van der Waals surface area contributed by atoms with Crippen LogP contribution in [0.2, 0.25) is 5.02 Å². The zero-order chi connectivity index (χ0) is 10.1. The molecule has 0 aliphatic rings. The van der Waals surface area contributed by atoms with Gasteiger partial charge in [0.1, 0.15) is 0 Å². The minimum atomic E-state index is 0. The van der Waals surface area contributed by atoms with Gasteiger partial charge in [-0.2, -0.15) is 0 Å². The van der Waals surface area contributed by atoms with Crippen LogP contribution in [-0.2, 0) is 0 Å². The summed E-state index contributed by atoms with van der Waals surface area (Å²) in [6.45, 7) is 1.98. The van der Waals surface area contributed by atoms with Crippen LogP contribution in [0.5, 0.6) is 0 Å². The zero-order valence-electron chi connectivity index (χ0n) is 8.41. The maximum atomic E-state index is 6.09. The van der Waals surface area contributed by atoms with Crippen molar-refractivity contribution in [3.8, 4) is 0 Å². The topological polar surface area (TPSA) is 26.0 Å². The van der Waals surface area contributed by atoms with Crippen LogP contribution >= 0.6 is 24.0 Å². The molecule has 0 heterocycles. The minimum absolute atomic E-state index is 0. The Labute approximate surface area is 101 Å².